The highest BCUT2D eigenvalue weighted by Crippen LogP contribution is 2.51. The molecule has 6 atom stereocenters. The third-order valence-electron chi connectivity index (χ3n) is 9.50. The van der Waals surface area contributed by atoms with Crippen molar-refractivity contribution in [2.45, 2.75) is 45.2 Å². The van der Waals surface area contributed by atoms with Crippen LogP contribution in [0.4, 0.5) is 0 Å². The second-order valence-corrected chi connectivity index (χ2v) is 12.5. The van der Waals surface area contributed by atoms with Gasteiger partial charge in [0, 0.05) is 0 Å². The van der Waals surface area contributed by atoms with Crippen molar-refractivity contribution < 1.29 is 48.1 Å². The van der Waals surface area contributed by atoms with Crippen molar-refractivity contribution in [2.75, 3.05) is 48.8 Å². The monoisotopic (exact) mass is 688 g/mol. The van der Waals surface area contributed by atoms with Gasteiger partial charge in [-0.15, -0.1) is 0 Å². The molecule has 0 radical (unpaired) electrons. The molecule has 4 aromatic carbocycles. The zero-order valence-corrected chi connectivity index (χ0v) is 30.0. The third kappa shape index (κ3) is 7.88. The average molecular weight is 689 g/mol. The molecule has 1 aliphatic rings. The minimum atomic E-state index is -0.893. The summed E-state index contributed by atoms with van der Waals surface area (Å²) in [6.07, 6.45) is -2.10. The Morgan fingerprint density at radius 2 is 0.920 bits per heavy atom. The van der Waals surface area contributed by atoms with Gasteiger partial charge in [-0.3, -0.25) is 0 Å². The van der Waals surface area contributed by atoms with Crippen LogP contribution >= 0.6 is 0 Å². The van der Waals surface area contributed by atoms with Gasteiger partial charge in [0.05, 0.1) is 47.8 Å². The molecule has 5 rings (SSSR count). The molecule has 268 valence electrons. The van der Waals surface area contributed by atoms with E-state index in [0.29, 0.717) is 40.1 Å². The summed E-state index contributed by atoms with van der Waals surface area (Å²) in [6.45, 7) is 6.38. The molecule has 2 unspecified atom stereocenters. The summed E-state index contributed by atoms with van der Waals surface area (Å²) in [5.74, 6) is 4.41. The SMILES string of the molecule is COc1ccc([C@@H](O)COc2ccc(C3OC(c4ccc(OC[C@H](O)c5ccc(OC)c(OC)c5)c(OC)c4)[C@H](C)[C@H]3C)cc2OC)cc1C. The van der Waals surface area contributed by atoms with Gasteiger partial charge < -0.3 is 48.1 Å². The van der Waals surface area contributed by atoms with Gasteiger partial charge in [0.2, 0.25) is 0 Å². The van der Waals surface area contributed by atoms with Crippen molar-refractivity contribution >= 4 is 0 Å². The number of aryl methyl sites for hydroxylation is 1. The van der Waals surface area contributed by atoms with Crippen LogP contribution in [-0.2, 0) is 4.74 Å². The molecule has 1 heterocycles. The molecule has 10 heteroatoms. The Labute approximate surface area is 294 Å². The highest BCUT2D eigenvalue weighted by Gasteiger charge is 2.41. The van der Waals surface area contributed by atoms with Gasteiger partial charge in [-0.05, 0) is 95.1 Å². The van der Waals surface area contributed by atoms with E-state index in [-0.39, 0.29) is 37.3 Å². The van der Waals surface area contributed by atoms with Gasteiger partial charge in [0.15, 0.2) is 34.5 Å². The standard InChI is InChI=1S/C40H48O10/c1-23-17-26(9-13-32(23)43-4)30(41)21-48-34-15-11-28(19-37(34)46-7)39-24(2)25(3)40(50-39)29-12-16-35(38(20-29)47-8)49-22-31(42)27-10-14-33(44-5)36(18-27)45-6/h9-20,24-25,30-31,39-42H,21-22H2,1-8H3/t24-,25-,30+,31+,39?,40?/m1/s1. The van der Waals surface area contributed by atoms with Crippen LogP contribution in [0.1, 0.15) is 66.1 Å². The zero-order valence-electron chi connectivity index (χ0n) is 30.0. The molecule has 2 N–H and O–H groups in total. The number of methoxy groups -OCH3 is 5. The van der Waals surface area contributed by atoms with Crippen LogP contribution in [0.3, 0.4) is 0 Å². The lowest BCUT2D eigenvalue weighted by molar-refractivity contribution is 0.0287. The number of hydrogen-bond acceptors (Lipinski definition) is 10. The summed E-state index contributed by atoms with van der Waals surface area (Å²) in [7, 11) is 7.93. The fourth-order valence-corrected chi connectivity index (χ4v) is 6.38. The van der Waals surface area contributed by atoms with Crippen molar-refractivity contribution in [1.29, 1.82) is 0 Å². The van der Waals surface area contributed by atoms with Crippen LogP contribution in [-0.4, -0.2) is 59.0 Å². The molecule has 1 fully saturated rings. The van der Waals surface area contributed by atoms with Gasteiger partial charge in [-0.1, -0.05) is 38.1 Å². The molecule has 0 spiro atoms. The van der Waals surface area contributed by atoms with E-state index in [1.165, 1.54) is 0 Å². The first-order chi connectivity index (χ1) is 24.1. The highest BCUT2D eigenvalue weighted by molar-refractivity contribution is 5.47. The molecule has 1 aliphatic heterocycles. The second-order valence-electron chi connectivity index (χ2n) is 12.5. The van der Waals surface area contributed by atoms with Crippen LogP contribution in [0.5, 0.6) is 40.2 Å². The summed E-state index contributed by atoms with van der Waals surface area (Å²) in [4.78, 5) is 0. The summed E-state index contributed by atoms with van der Waals surface area (Å²) in [5, 5.41) is 21.6. The predicted octanol–water partition coefficient (Wildman–Crippen LogP) is 7.35. The maximum atomic E-state index is 10.8. The minimum absolute atomic E-state index is 0.0162. The Bertz CT molecular complexity index is 1740. The van der Waals surface area contributed by atoms with Gasteiger partial charge >= 0.3 is 0 Å². The molecule has 0 saturated carbocycles. The van der Waals surface area contributed by atoms with Crippen molar-refractivity contribution in [3.8, 4) is 40.2 Å². The largest absolute Gasteiger partial charge is 0.496 e. The molecule has 10 nitrogen and oxygen atoms in total. The molecular weight excluding hydrogens is 640 g/mol. The summed E-state index contributed by atoms with van der Waals surface area (Å²) < 4.78 is 46.1. The fraction of sp³-hybridized carbons (Fsp3) is 0.400. The van der Waals surface area contributed by atoms with Gasteiger partial charge in [0.25, 0.3) is 0 Å². The Balaban J connectivity index is 1.25. The molecule has 50 heavy (non-hydrogen) atoms. The zero-order chi connectivity index (χ0) is 35.9. The molecule has 1 saturated heterocycles. The van der Waals surface area contributed by atoms with E-state index in [2.05, 4.69) is 13.8 Å². The van der Waals surface area contributed by atoms with Crippen molar-refractivity contribution in [2.24, 2.45) is 11.8 Å². The number of hydrogen-bond donors (Lipinski definition) is 2. The van der Waals surface area contributed by atoms with Crippen LogP contribution in [0, 0.1) is 18.8 Å². The van der Waals surface area contributed by atoms with Crippen LogP contribution in [0.25, 0.3) is 0 Å². The van der Waals surface area contributed by atoms with E-state index in [9.17, 15) is 10.2 Å². The highest BCUT2D eigenvalue weighted by atomic mass is 16.5. The van der Waals surface area contributed by atoms with Crippen LogP contribution < -0.4 is 33.2 Å². The van der Waals surface area contributed by atoms with E-state index in [0.717, 1.165) is 28.0 Å². The Kier molecular flexibility index (Phi) is 12.0. The van der Waals surface area contributed by atoms with E-state index < -0.39 is 12.2 Å². The number of rotatable bonds is 15. The van der Waals surface area contributed by atoms with Crippen molar-refractivity contribution in [3.63, 3.8) is 0 Å². The number of aliphatic hydroxyl groups is 2. The predicted molar refractivity (Wildman–Crippen MR) is 189 cm³/mol. The molecule has 0 bridgehead atoms. The number of aliphatic hydroxyl groups excluding tert-OH is 2. The lowest BCUT2D eigenvalue weighted by atomic mass is 9.85. The number of ether oxygens (including phenoxy) is 8. The maximum absolute atomic E-state index is 10.8. The minimum Gasteiger partial charge on any atom is -0.496 e. The van der Waals surface area contributed by atoms with Gasteiger partial charge in [0.1, 0.15) is 31.2 Å². The Hall–Kier alpha value is -4.64. The summed E-state index contributed by atoms with van der Waals surface area (Å²) >= 11 is 0. The van der Waals surface area contributed by atoms with Crippen molar-refractivity contribution in [3.05, 3.63) is 101 Å². The van der Waals surface area contributed by atoms with Crippen molar-refractivity contribution in [1.82, 2.24) is 0 Å². The first-order valence-electron chi connectivity index (χ1n) is 16.6. The van der Waals surface area contributed by atoms with Gasteiger partial charge in [-0.2, -0.15) is 0 Å². The maximum Gasteiger partial charge on any atom is 0.161 e. The average Bonchev–Trinajstić information content (AvgIpc) is 3.45. The first kappa shape index (κ1) is 36.6. The van der Waals surface area contributed by atoms with E-state index in [1.54, 1.807) is 53.7 Å². The van der Waals surface area contributed by atoms with Crippen LogP contribution in [0.2, 0.25) is 0 Å². The second kappa shape index (κ2) is 16.4. The Morgan fingerprint density at radius 3 is 1.36 bits per heavy atom. The smallest absolute Gasteiger partial charge is 0.161 e. The van der Waals surface area contributed by atoms with Gasteiger partial charge in [-0.25, -0.2) is 0 Å². The Morgan fingerprint density at radius 1 is 0.520 bits per heavy atom. The molecular formula is C40H48O10. The van der Waals surface area contributed by atoms with Crippen LogP contribution in [0.15, 0.2) is 72.8 Å². The van der Waals surface area contributed by atoms with E-state index in [1.807, 2.05) is 61.5 Å². The third-order valence-corrected chi connectivity index (χ3v) is 9.50. The quantitative estimate of drug-likeness (QED) is 0.131. The first-order valence-corrected chi connectivity index (χ1v) is 16.6. The lowest BCUT2D eigenvalue weighted by Crippen LogP contribution is -2.12. The summed E-state index contributed by atoms with van der Waals surface area (Å²) in [6, 6.07) is 22.4. The number of benzene rings is 4. The van der Waals surface area contributed by atoms with E-state index in [4.69, 9.17) is 37.9 Å². The summed E-state index contributed by atoms with van der Waals surface area (Å²) in [5.41, 5.74) is 4.26. The molecule has 4 aromatic rings. The molecule has 0 amide bonds. The topological polar surface area (TPSA) is 114 Å². The lowest BCUT2D eigenvalue weighted by Gasteiger charge is -2.20. The normalized spacial score (nSPS) is 19.7. The fourth-order valence-electron chi connectivity index (χ4n) is 6.38. The molecule has 0 aromatic heterocycles. The molecule has 0 aliphatic carbocycles. The van der Waals surface area contributed by atoms with E-state index >= 15 is 0 Å².